The fourth-order valence-electron chi connectivity index (χ4n) is 2.35. The van der Waals surface area contributed by atoms with E-state index in [1.165, 1.54) is 0 Å². The maximum atomic E-state index is 6.27. The second-order valence-electron chi connectivity index (χ2n) is 4.82. The minimum absolute atomic E-state index is 0.00792. The molecule has 0 fully saturated rings. The third kappa shape index (κ3) is 2.25. The molecular formula is C14H21NO2. The first kappa shape index (κ1) is 12.2. The van der Waals surface area contributed by atoms with Gasteiger partial charge in [0.25, 0.3) is 0 Å². The molecule has 1 heterocycles. The van der Waals surface area contributed by atoms with Crippen molar-refractivity contribution >= 4 is 0 Å². The summed E-state index contributed by atoms with van der Waals surface area (Å²) in [6, 6.07) is 5.88. The van der Waals surface area contributed by atoms with Crippen molar-refractivity contribution in [3.05, 3.63) is 23.8 Å². The molecule has 3 heteroatoms. The monoisotopic (exact) mass is 235 g/mol. The summed E-state index contributed by atoms with van der Waals surface area (Å²) in [5, 5.41) is 0. The molecule has 1 aliphatic heterocycles. The Hall–Kier alpha value is -1.22. The first-order valence-corrected chi connectivity index (χ1v) is 6.30. The van der Waals surface area contributed by atoms with Gasteiger partial charge in [0.1, 0.15) is 17.1 Å². The van der Waals surface area contributed by atoms with Crippen molar-refractivity contribution in [3.8, 4) is 11.5 Å². The van der Waals surface area contributed by atoms with E-state index in [1.807, 2.05) is 25.1 Å². The lowest BCUT2D eigenvalue weighted by Gasteiger charge is -2.38. The molecule has 0 saturated carbocycles. The lowest BCUT2D eigenvalue weighted by atomic mass is 9.87. The summed E-state index contributed by atoms with van der Waals surface area (Å²) in [4.78, 5) is 0. The van der Waals surface area contributed by atoms with Crippen LogP contribution in [0.25, 0.3) is 0 Å². The van der Waals surface area contributed by atoms with Crippen molar-refractivity contribution < 1.29 is 9.47 Å². The van der Waals surface area contributed by atoms with Crippen LogP contribution < -0.4 is 15.2 Å². The molecule has 0 aromatic heterocycles. The molecule has 2 N–H and O–H groups in total. The van der Waals surface area contributed by atoms with E-state index in [2.05, 4.69) is 13.8 Å². The van der Waals surface area contributed by atoms with Gasteiger partial charge in [-0.1, -0.05) is 13.0 Å². The van der Waals surface area contributed by atoms with Gasteiger partial charge in [0, 0.05) is 12.5 Å². The Morgan fingerprint density at radius 2 is 2.24 bits per heavy atom. The Morgan fingerprint density at radius 3 is 2.88 bits per heavy atom. The Labute approximate surface area is 103 Å². The van der Waals surface area contributed by atoms with E-state index in [0.717, 1.165) is 29.9 Å². The van der Waals surface area contributed by atoms with E-state index in [9.17, 15) is 0 Å². The summed E-state index contributed by atoms with van der Waals surface area (Å²) in [5.41, 5.74) is 7.13. The smallest absolute Gasteiger partial charge is 0.128 e. The molecule has 0 amide bonds. The van der Waals surface area contributed by atoms with E-state index in [1.54, 1.807) is 0 Å². The van der Waals surface area contributed by atoms with E-state index < -0.39 is 0 Å². The molecule has 0 radical (unpaired) electrons. The third-order valence-electron chi connectivity index (χ3n) is 3.45. The van der Waals surface area contributed by atoms with Gasteiger partial charge >= 0.3 is 0 Å². The van der Waals surface area contributed by atoms with Crippen LogP contribution in [0.4, 0.5) is 0 Å². The zero-order chi connectivity index (χ0) is 12.5. The minimum Gasteiger partial charge on any atom is -0.493 e. The summed E-state index contributed by atoms with van der Waals surface area (Å²) in [6.45, 7) is 6.87. The number of benzene rings is 1. The summed E-state index contributed by atoms with van der Waals surface area (Å²) in [7, 11) is 0. The summed E-state index contributed by atoms with van der Waals surface area (Å²) in [6.07, 6.45) is 1.79. The Kier molecular flexibility index (Phi) is 3.29. The standard InChI is InChI=1S/C14H21NO2/c1-4-14(3)9-10(15)13-11(16-5-2)7-6-8-12(13)17-14/h6-8,10H,4-5,9,15H2,1-3H3. The van der Waals surface area contributed by atoms with Crippen LogP contribution in [-0.4, -0.2) is 12.2 Å². The van der Waals surface area contributed by atoms with Crippen LogP contribution in [0, 0.1) is 0 Å². The first-order chi connectivity index (χ1) is 8.09. The van der Waals surface area contributed by atoms with Crippen LogP contribution in [0.1, 0.15) is 45.2 Å². The quantitative estimate of drug-likeness (QED) is 0.875. The van der Waals surface area contributed by atoms with E-state index >= 15 is 0 Å². The fraction of sp³-hybridized carbons (Fsp3) is 0.571. The molecule has 0 saturated heterocycles. The highest BCUT2D eigenvalue weighted by Gasteiger charge is 2.35. The average Bonchev–Trinajstić information content (AvgIpc) is 2.29. The normalized spacial score (nSPS) is 27.2. The lowest BCUT2D eigenvalue weighted by Crippen LogP contribution is -2.39. The van der Waals surface area contributed by atoms with Gasteiger partial charge in [0.15, 0.2) is 0 Å². The molecule has 0 spiro atoms. The molecule has 0 aliphatic carbocycles. The maximum Gasteiger partial charge on any atom is 0.128 e. The molecule has 3 nitrogen and oxygen atoms in total. The minimum atomic E-state index is -0.156. The number of nitrogens with two attached hydrogens (primary N) is 1. The highest BCUT2D eigenvalue weighted by atomic mass is 16.5. The molecule has 0 bridgehead atoms. The number of fused-ring (bicyclic) bond motifs is 1. The van der Waals surface area contributed by atoms with E-state index in [0.29, 0.717) is 6.61 Å². The number of rotatable bonds is 3. The van der Waals surface area contributed by atoms with Crippen LogP contribution in [0.2, 0.25) is 0 Å². The van der Waals surface area contributed by atoms with Gasteiger partial charge in [-0.3, -0.25) is 0 Å². The van der Waals surface area contributed by atoms with E-state index in [-0.39, 0.29) is 11.6 Å². The number of ether oxygens (including phenoxy) is 2. The lowest BCUT2D eigenvalue weighted by molar-refractivity contribution is 0.0491. The fourth-order valence-corrected chi connectivity index (χ4v) is 2.35. The van der Waals surface area contributed by atoms with Crippen LogP contribution >= 0.6 is 0 Å². The van der Waals surface area contributed by atoms with Crippen molar-refractivity contribution in [1.29, 1.82) is 0 Å². The summed E-state index contributed by atoms with van der Waals surface area (Å²) in [5.74, 6) is 1.73. The van der Waals surface area contributed by atoms with Gasteiger partial charge in [-0.05, 0) is 32.4 Å². The largest absolute Gasteiger partial charge is 0.493 e. The summed E-state index contributed by atoms with van der Waals surface area (Å²) < 4.78 is 11.7. The molecule has 1 aliphatic rings. The SMILES string of the molecule is CCOc1cccc2c1C(N)CC(C)(CC)O2. The molecule has 2 unspecified atom stereocenters. The number of hydrogen-bond acceptors (Lipinski definition) is 3. The van der Waals surface area contributed by atoms with Crippen molar-refractivity contribution in [2.24, 2.45) is 5.73 Å². The molecule has 94 valence electrons. The van der Waals surface area contributed by atoms with Crippen molar-refractivity contribution in [3.63, 3.8) is 0 Å². The zero-order valence-corrected chi connectivity index (χ0v) is 10.8. The zero-order valence-electron chi connectivity index (χ0n) is 10.8. The van der Waals surface area contributed by atoms with Crippen molar-refractivity contribution in [2.75, 3.05) is 6.61 Å². The van der Waals surface area contributed by atoms with Crippen LogP contribution in [0.15, 0.2) is 18.2 Å². The second kappa shape index (κ2) is 4.57. The Morgan fingerprint density at radius 1 is 1.47 bits per heavy atom. The van der Waals surface area contributed by atoms with Crippen LogP contribution in [-0.2, 0) is 0 Å². The molecule has 2 atom stereocenters. The highest BCUT2D eigenvalue weighted by molar-refractivity contribution is 5.48. The molecule has 1 aromatic carbocycles. The average molecular weight is 235 g/mol. The van der Waals surface area contributed by atoms with Gasteiger partial charge in [0.05, 0.1) is 12.2 Å². The van der Waals surface area contributed by atoms with Gasteiger partial charge < -0.3 is 15.2 Å². The first-order valence-electron chi connectivity index (χ1n) is 6.30. The van der Waals surface area contributed by atoms with E-state index in [4.69, 9.17) is 15.2 Å². The third-order valence-corrected chi connectivity index (χ3v) is 3.45. The van der Waals surface area contributed by atoms with Gasteiger partial charge in [-0.15, -0.1) is 0 Å². The van der Waals surface area contributed by atoms with Gasteiger partial charge in [-0.2, -0.15) is 0 Å². The van der Waals surface area contributed by atoms with Crippen LogP contribution in [0.3, 0.4) is 0 Å². The second-order valence-corrected chi connectivity index (χ2v) is 4.82. The summed E-state index contributed by atoms with van der Waals surface area (Å²) >= 11 is 0. The maximum absolute atomic E-state index is 6.27. The Bertz CT molecular complexity index is 405. The van der Waals surface area contributed by atoms with Crippen molar-refractivity contribution in [1.82, 2.24) is 0 Å². The highest BCUT2D eigenvalue weighted by Crippen LogP contribution is 2.44. The van der Waals surface area contributed by atoms with Crippen LogP contribution in [0.5, 0.6) is 11.5 Å². The molecule has 1 aromatic rings. The number of hydrogen-bond donors (Lipinski definition) is 1. The molecule has 17 heavy (non-hydrogen) atoms. The Balaban J connectivity index is 2.40. The molecular weight excluding hydrogens is 214 g/mol. The van der Waals surface area contributed by atoms with Gasteiger partial charge in [-0.25, -0.2) is 0 Å². The topological polar surface area (TPSA) is 44.5 Å². The van der Waals surface area contributed by atoms with Gasteiger partial charge in [0.2, 0.25) is 0 Å². The predicted molar refractivity (Wildman–Crippen MR) is 68.5 cm³/mol. The predicted octanol–water partition coefficient (Wildman–Crippen LogP) is 3.04. The molecule has 2 rings (SSSR count). The van der Waals surface area contributed by atoms with Crippen molar-refractivity contribution in [2.45, 2.75) is 45.3 Å².